The Morgan fingerprint density at radius 3 is 2.65 bits per heavy atom. The first-order chi connectivity index (χ1) is 15.0. The number of piperazine rings is 1. The van der Waals surface area contributed by atoms with Gasteiger partial charge in [0.1, 0.15) is 11.5 Å². The molecular formula is C25H36N6. The minimum Gasteiger partial charge on any atom is -0.355 e. The molecule has 2 aromatic heterocycles. The highest BCUT2D eigenvalue weighted by molar-refractivity contribution is 5.53. The van der Waals surface area contributed by atoms with Crippen LogP contribution in [0.2, 0.25) is 0 Å². The predicted octanol–water partition coefficient (Wildman–Crippen LogP) is 4.16. The van der Waals surface area contributed by atoms with Crippen molar-refractivity contribution < 1.29 is 0 Å². The quantitative estimate of drug-likeness (QED) is 0.538. The van der Waals surface area contributed by atoms with Crippen molar-refractivity contribution in [3.63, 3.8) is 0 Å². The molecule has 31 heavy (non-hydrogen) atoms. The molecule has 0 saturated carbocycles. The number of nitrogens with zero attached hydrogens (tertiary/aromatic N) is 6. The molecule has 0 amide bonds. The van der Waals surface area contributed by atoms with Gasteiger partial charge in [-0.2, -0.15) is 0 Å². The van der Waals surface area contributed by atoms with Crippen LogP contribution in [0.5, 0.6) is 0 Å². The fourth-order valence-corrected chi connectivity index (χ4v) is 5.11. The summed E-state index contributed by atoms with van der Waals surface area (Å²) in [6.07, 6.45) is 9.86. The zero-order valence-electron chi connectivity index (χ0n) is 19.5. The highest BCUT2D eigenvalue weighted by Gasteiger charge is 2.33. The minimum absolute atomic E-state index is 0.273. The lowest BCUT2D eigenvalue weighted by Crippen LogP contribution is -2.45. The summed E-state index contributed by atoms with van der Waals surface area (Å²) in [5, 5.41) is 0. The van der Waals surface area contributed by atoms with Gasteiger partial charge in [-0.25, -0.2) is 4.98 Å². The van der Waals surface area contributed by atoms with E-state index in [1.54, 1.807) is 0 Å². The second-order valence-corrected chi connectivity index (χ2v) is 8.92. The molecule has 4 heterocycles. The molecule has 166 valence electrons. The molecule has 0 bridgehead atoms. The SMILES string of the molecule is C=N/C(=C(C)\C=C/C)C1CCCC(c2cn3c(N4CCN(C)CC4)cccc3n2)N1C. The number of rotatable bonds is 5. The maximum atomic E-state index is 5.07. The Hall–Kier alpha value is -2.44. The second-order valence-electron chi connectivity index (χ2n) is 8.92. The Bertz CT molecular complexity index is 979. The predicted molar refractivity (Wildman–Crippen MR) is 130 cm³/mol. The molecule has 2 fully saturated rings. The van der Waals surface area contributed by atoms with E-state index in [4.69, 9.17) is 4.98 Å². The van der Waals surface area contributed by atoms with Gasteiger partial charge in [0, 0.05) is 32.4 Å². The van der Waals surface area contributed by atoms with Crippen molar-refractivity contribution in [2.24, 2.45) is 4.99 Å². The normalized spacial score (nSPS) is 24.7. The van der Waals surface area contributed by atoms with E-state index in [-0.39, 0.29) is 12.1 Å². The van der Waals surface area contributed by atoms with Gasteiger partial charge in [-0.05, 0) is 71.6 Å². The van der Waals surface area contributed by atoms with Gasteiger partial charge in [0.25, 0.3) is 0 Å². The molecule has 0 radical (unpaired) electrons. The average Bonchev–Trinajstić information content (AvgIpc) is 3.20. The summed E-state index contributed by atoms with van der Waals surface area (Å²) >= 11 is 0. The number of pyridine rings is 1. The molecule has 2 saturated heterocycles. The minimum atomic E-state index is 0.273. The Labute approximate surface area is 186 Å². The van der Waals surface area contributed by atoms with Gasteiger partial charge < -0.3 is 9.80 Å². The van der Waals surface area contributed by atoms with Gasteiger partial charge in [-0.3, -0.25) is 14.3 Å². The fourth-order valence-electron chi connectivity index (χ4n) is 5.11. The number of fused-ring (bicyclic) bond motifs is 1. The summed E-state index contributed by atoms with van der Waals surface area (Å²) in [5.74, 6) is 1.25. The van der Waals surface area contributed by atoms with Gasteiger partial charge in [-0.1, -0.05) is 18.2 Å². The van der Waals surface area contributed by atoms with Crippen molar-refractivity contribution in [1.82, 2.24) is 19.2 Å². The Morgan fingerprint density at radius 2 is 1.94 bits per heavy atom. The number of allylic oxidation sites excluding steroid dienone is 3. The third-order valence-corrected chi connectivity index (χ3v) is 6.90. The van der Waals surface area contributed by atoms with Gasteiger partial charge in [0.05, 0.1) is 23.5 Å². The largest absolute Gasteiger partial charge is 0.355 e. The van der Waals surface area contributed by atoms with Crippen LogP contribution in [0.4, 0.5) is 5.82 Å². The van der Waals surface area contributed by atoms with Gasteiger partial charge in [-0.15, -0.1) is 0 Å². The molecule has 6 nitrogen and oxygen atoms in total. The summed E-state index contributed by atoms with van der Waals surface area (Å²) in [4.78, 5) is 16.8. The number of anilines is 1. The lowest BCUT2D eigenvalue weighted by atomic mass is 9.91. The van der Waals surface area contributed by atoms with Crippen LogP contribution < -0.4 is 4.90 Å². The Morgan fingerprint density at radius 1 is 1.16 bits per heavy atom. The van der Waals surface area contributed by atoms with Crippen LogP contribution in [0.15, 0.2) is 52.8 Å². The van der Waals surface area contributed by atoms with Gasteiger partial charge in [0.2, 0.25) is 0 Å². The van der Waals surface area contributed by atoms with Crippen molar-refractivity contribution >= 4 is 18.2 Å². The number of likely N-dealkylation sites (tertiary alicyclic amines) is 1. The van der Waals surface area contributed by atoms with E-state index >= 15 is 0 Å². The molecule has 4 rings (SSSR count). The van der Waals surface area contributed by atoms with E-state index in [0.717, 1.165) is 56.1 Å². The lowest BCUT2D eigenvalue weighted by molar-refractivity contribution is 0.132. The molecule has 2 atom stereocenters. The third kappa shape index (κ3) is 4.32. The zero-order valence-corrected chi connectivity index (χ0v) is 19.5. The van der Waals surface area contributed by atoms with Crippen LogP contribution in [-0.4, -0.2) is 72.2 Å². The number of imidazole rings is 1. The summed E-state index contributed by atoms with van der Waals surface area (Å²) in [6, 6.07) is 7.04. The lowest BCUT2D eigenvalue weighted by Gasteiger charge is -2.39. The first-order valence-corrected chi connectivity index (χ1v) is 11.5. The van der Waals surface area contributed by atoms with Crippen molar-refractivity contribution in [2.45, 2.75) is 45.2 Å². The smallest absolute Gasteiger partial charge is 0.138 e. The van der Waals surface area contributed by atoms with Crippen molar-refractivity contribution in [3.05, 3.63) is 53.5 Å². The molecule has 6 heteroatoms. The highest BCUT2D eigenvalue weighted by Crippen LogP contribution is 2.37. The topological polar surface area (TPSA) is 39.4 Å². The van der Waals surface area contributed by atoms with E-state index in [9.17, 15) is 0 Å². The molecule has 2 aliphatic heterocycles. The number of hydrogen-bond donors (Lipinski definition) is 0. The van der Waals surface area contributed by atoms with Gasteiger partial charge in [0.15, 0.2) is 0 Å². The summed E-state index contributed by atoms with van der Waals surface area (Å²) in [6.45, 7) is 12.4. The van der Waals surface area contributed by atoms with Crippen molar-refractivity contribution in [1.29, 1.82) is 0 Å². The summed E-state index contributed by atoms with van der Waals surface area (Å²) < 4.78 is 2.28. The van der Waals surface area contributed by atoms with E-state index < -0.39 is 0 Å². The second kappa shape index (κ2) is 9.37. The number of hydrogen-bond acceptors (Lipinski definition) is 5. The first-order valence-electron chi connectivity index (χ1n) is 11.5. The van der Waals surface area contributed by atoms with Crippen LogP contribution in [0.3, 0.4) is 0 Å². The Balaban J connectivity index is 1.64. The number of aliphatic imine (C=N–C) groups is 1. The number of aromatic nitrogens is 2. The standard InChI is InChI=1S/C25H36N6/c1-6-9-19(2)25(26-3)22-11-7-10-21(29(22)5)20-18-31-23(27-20)12-8-13-24(31)30-16-14-28(4)15-17-30/h6,8-9,12-13,18,21-22H,3,7,10-11,14-17H2,1-2,4-5H3/b9-6-,25-19-. The monoisotopic (exact) mass is 420 g/mol. The van der Waals surface area contributed by atoms with E-state index in [1.807, 2.05) is 6.92 Å². The number of piperidine rings is 1. The third-order valence-electron chi connectivity index (χ3n) is 6.90. The summed E-state index contributed by atoms with van der Waals surface area (Å²) in [5.41, 5.74) is 4.47. The van der Waals surface area contributed by atoms with Crippen LogP contribution in [-0.2, 0) is 0 Å². The molecule has 0 spiro atoms. The highest BCUT2D eigenvalue weighted by atomic mass is 15.3. The van der Waals surface area contributed by atoms with Crippen molar-refractivity contribution in [2.75, 3.05) is 45.2 Å². The first kappa shape index (κ1) is 21.8. The molecule has 0 N–H and O–H groups in total. The van der Waals surface area contributed by atoms with Crippen LogP contribution in [0.25, 0.3) is 5.65 Å². The zero-order chi connectivity index (χ0) is 22.0. The van der Waals surface area contributed by atoms with E-state index in [2.05, 4.69) is 88.4 Å². The maximum absolute atomic E-state index is 5.07. The van der Waals surface area contributed by atoms with Crippen LogP contribution >= 0.6 is 0 Å². The molecule has 0 aliphatic carbocycles. The van der Waals surface area contributed by atoms with Crippen molar-refractivity contribution in [3.8, 4) is 0 Å². The van der Waals surface area contributed by atoms with E-state index in [0.29, 0.717) is 0 Å². The average molecular weight is 421 g/mol. The molecule has 2 aliphatic rings. The summed E-state index contributed by atoms with van der Waals surface area (Å²) in [7, 11) is 4.41. The van der Waals surface area contributed by atoms with E-state index in [1.165, 1.54) is 17.8 Å². The Kier molecular flexibility index (Phi) is 6.58. The maximum Gasteiger partial charge on any atom is 0.138 e. The number of likely N-dealkylation sites (N-methyl/N-ethyl adjacent to an activating group) is 2. The molecule has 2 unspecified atom stereocenters. The molecule has 0 aromatic carbocycles. The molecule has 2 aromatic rings. The van der Waals surface area contributed by atoms with Crippen LogP contribution in [0, 0.1) is 0 Å². The fraction of sp³-hybridized carbons (Fsp3) is 0.520. The van der Waals surface area contributed by atoms with Gasteiger partial charge >= 0.3 is 0 Å². The van der Waals surface area contributed by atoms with Crippen LogP contribution in [0.1, 0.15) is 44.8 Å². The molecular weight excluding hydrogens is 384 g/mol.